The Bertz CT molecular complexity index is 520. The average Bonchev–Trinajstić information content (AvgIpc) is 2.72. The first kappa shape index (κ1) is 12.7. The van der Waals surface area contributed by atoms with Crippen LogP contribution in [0.4, 0.5) is 0 Å². The summed E-state index contributed by atoms with van der Waals surface area (Å²) in [6.45, 7) is 5.08. The van der Waals surface area contributed by atoms with E-state index in [0.29, 0.717) is 13.2 Å². The first-order valence-electron chi connectivity index (χ1n) is 5.79. The summed E-state index contributed by atoms with van der Waals surface area (Å²) in [5.41, 5.74) is 0. The van der Waals surface area contributed by atoms with Gasteiger partial charge in [-0.15, -0.1) is 11.3 Å². The zero-order chi connectivity index (χ0) is 13.0. The maximum atomic E-state index is 8.55. The molecule has 0 aliphatic carbocycles. The number of hydrogen-bond donors (Lipinski definition) is 1. The molecule has 0 saturated heterocycles. The fraction of sp³-hybridized carbons (Fsp3) is 0.308. The van der Waals surface area contributed by atoms with Gasteiger partial charge in [0, 0.05) is 15.6 Å². The standard InChI is InChI=1S/C13H15NO3S/c1-3-16-11-6-9-5-10(8-14-15)18-13(9)7-12(11)17-4-2/h5-8,15H,3-4H2,1-2H3/b14-8-. The van der Waals surface area contributed by atoms with Crippen LogP contribution in [-0.2, 0) is 0 Å². The van der Waals surface area contributed by atoms with E-state index >= 15 is 0 Å². The third-order valence-corrected chi connectivity index (χ3v) is 3.42. The molecule has 0 atom stereocenters. The highest BCUT2D eigenvalue weighted by Crippen LogP contribution is 2.36. The van der Waals surface area contributed by atoms with Crippen LogP contribution in [-0.4, -0.2) is 24.6 Å². The Balaban J connectivity index is 2.49. The van der Waals surface area contributed by atoms with Crippen LogP contribution in [0.1, 0.15) is 18.7 Å². The number of thiophene rings is 1. The zero-order valence-electron chi connectivity index (χ0n) is 10.3. The van der Waals surface area contributed by atoms with E-state index in [9.17, 15) is 0 Å². The minimum atomic E-state index is 0.598. The number of rotatable bonds is 5. The highest BCUT2D eigenvalue weighted by molar-refractivity contribution is 7.20. The van der Waals surface area contributed by atoms with Crippen LogP contribution in [0.3, 0.4) is 0 Å². The maximum absolute atomic E-state index is 8.55. The maximum Gasteiger partial charge on any atom is 0.162 e. The minimum absolute atomic E-state index is 0.598. The average molecular weight is 265 g/mol. The summed E-state index contributed by atoms with van der Waals surface area (Å²) >= 11 is 1.54. The Morgan fingerprint density at radius 3 is 2.44 bits per heavy atom. The van der Waals surface area contributed by atoms with E-state index in [4.69, 9.17) is 14.7 Å². The molecule has 0 spiro atoms. The number of ether oxygens (including phenoxy) is 2. The van der Waals surface area contributed by atoms with Crippen LogP contribution < -0.4 is 9.47 Å². The van der Waals surface area contributed by atoms with Gasteiger partial charge in [-0.25, -0.2) is 0 Å². The molecule has 0 unspecified atom stereocenters. The van der Waals surface area contributed by atoms with Crippen molar-refractivity contribution in [2.24, 2.45) is 5.16 Å². The molecule has 5 heteroatoms. The third kappa shape index (κ3) is 2.56. The van der Waals surface area contributed by atoms with E-state index in [1.165, 1.54) is 6.21 Å². The molecular weight excluding hydrogens is 250 g/mol. The molecule has 2 aromatic rings. The molecule has 4 nitrogen and oxygen atoms in total. The van der Waals surface area contributed by atoms with Crippen molar-refractivity contribution in [1.29, 1.82) is 0 Å². The van der Waals surface area contributed by atoms with Gasteiger partial charge < -0.3 is 14.7 Å². The first-order chi connectivity index (χ1) is 8.78. The van der Waals surface area contributed by atoms with Gasteiger partial charge in [0.1, 0.15) is 0 Å². The molecule has 18 heavy (non-hydrogen) atoms. The zero-order valence-corrected chi connectivity index (χ0v) is 11.2. The van der Waals surface area contributed by atoms with Gasteiger partial charge in [-0.3, -0.25) is 0 Å². The lowest BCUT2D eigenvalue weighted by Crippen LogP contribution is -1.97. The lowest BCUT2D eigenvalue weighted by molar-refractivity contribution is 0.288. The molecule has 0 radical (unpaired) electrons. The summed E-state index contributed by atoms with van der Waals surface area (Å²) in [6.07, 6.45) is 1.42. The number of fused-ring (bicyclic) bond motifs is 1. The molecule has 0 bridgehead atoms. The summed E-state index contributed by atoms with van der Waals surface area (Å²) in [5.74, 6) is 1.50. The van der Waals surface area contributed by atoms with Crippen molar-refractivity contribution in [1.82, 2.24) is 0 Å². The summed E-state index contributed by atoms with van der Waals surface area (Å²) in [6, 6.07) is 5.87. The second-order valence-electron chi connectivity index (χ2n) is 3.60. The van der Waals surface area contributed by atoms with Crippen molar-refractivity contribution in [3.8, 4) is 11.5 Å². The van der Waals surface area contributed by atoms with E-state index in [1.807, 2.05) is 32.0 Å². The molecule has 0 saturated carbocycles. The van der Waals surface area contributed by atoms with Crippen molar-refractivity contribution in [2.45, 2.75) is 13.8 Å². The van der Waals surface area contributed by atoms with E-state index < -0.39 is 0 Å². The van der Waals surface area contributed by atoms with Crippen LogP contribution in [0.25, 0.3) is 10.1 Å². The van der Waals surface area contributed by atoms with Crippen LogP contribution in [0, 0.1) is 0 Å². The van der Waals surface area contributed by atoms with Crippen molar-refractivity contribution in [3.63, 3.8) is 0 Å². The Hall–Kier alpha value is -1.75. The molecule has 1 heterocycles. The number of benzene rings is 1. The lowest BCUT2D eigenvalue weighted by Gasteiger charge is -2.10. The molecular formula is C13H15NO3S. The van der Waals surface area contributed by atoms with Gasteiger partial charge in [-0.2, -0.15) is 0 Å². The SMILES string of the molecule is CCOc1cc2cc(/C=N\O)sc2cc1OCC. The summed E-state index contributed by atoms with van der Waals surface area (Å²) < 4.78 is 12.2. The second-order valence-corrected chi connectivity index (χ2v) is 4.71. The monoisotopic (exact) mass is 265 g/mol. The summed E-state index contributed by atoms with van der Waals surface area (Å²) in [5, 5.41) is 12.6. The fourth-order valence-corrected chi connectivity index (χ4v) is 2.67. The Kier molecular flexibility index (Phi) is 4.04. The molecule has 2 rings (SSSR count). The summed E-state index contributed by atoms with van der Waals surface area (Å²) in [4.78, 5) is 0.892. The van der Waals surface area contributed by atoms with Crippen molar-refractivity contribution < 1.29 is 14.7 Å². The highest BCUT2D eigenvalue weighted by atomic mass is 32.1. The lowest BCUT2D eigenvalue weighted by atomic mass is 10.2. The highest BCUT2D eigenvalue weighted by Gasteiger charge is 2.09. The fourth-order valence-electron chi connectivity index (χ4n) is 1.73. The molecule has 1 aromatic carbocycles. The predicted octanol–water partition coefficient (Wildman–Crippen LogP) is 3.51. The van der Waals surface area contributed by atoms with E-state index in [1.54, 1.807) is 11.3 Å². The Morgan fingerprint density at radius 1 is 1.17 bits per heavy atom. The smallest absolute Gasteiger partial charge is 0.162 e. The second kappa shape index (κ2) is 5.73. The molecule has 0 amide bonds. The molecule has 1 N–H and O–H groups in total. The number of oxime groups is 1. The van der Waals surface area contributed by atoms with Gasteiger partial charge >= 0.3 is 0 Å². The van der Waals surface area contributed by atoms with E-state index in [2.05, 4.69) is 5.16 Å². The topological polar surface area (TPSA) is 51.0 Å². The quantitative estimate of drug-likeness (QED) is 0.511. The number of hydrogen-bond acceptors (Lipinski definition) is 5. The summed E-state index contributed by atoms with van der Waals surface area (Å²) in [7, 11) is 0. The third-order valence-electron chi connectivity index (χ3n) is 2.39. The molecule has 0 aliphatic heterocycles. The largest absolute Gasteiger partial charge is 0.490 e. The van der Waals surface area contributed by atoms with Crippen molar-refractivity contribution in [3.05, 3.63) is 23.1 Å². The van der Waals surface area contributed by atoms with Crippen LogP contribution >= 0.6 is 11.3 Å². The molecule has 0 aliphatic rings. The van der Waals surface area contributed by atoms with Crippen LogP contribution in [0.15, 0.2) is 23.4 Å². The van der Waals surface area contributed by atoms with E-state index in [-0.39, 0.29) is 0 Å². The first-order valence-corrected chi connectivity index (χ1v) is 6.60. The molecule has 96 valence electrons. The van der Waals surface area contributed by atoms with Crippen LogP contribution in [0.2, 0.25) is 0 Å². The number of nitrogens with zero attached hydrogens (tertiary/aromatic N) is 1. The van der Waals surface area contributed by atoms with E-state index in [0.717, 1.165) is 26.5 Å². The normalized spacial score (nSPS) is 11.2. The van der Waals surface area contributed by atoms with Gasteiger partial charge in [-0.1, -0.05) is 5.16 Å². The van der Waals surface area contributed by atoms with Crippen molar-refractivity contribution in [2.75, 3.05) is 13.2 Å². The van der Waals surface area contributed by atoms with Crippen molar-refractivity contribution >= 4 is 27.6 Å². The predicted molar refractivity (Wildman–Crippen MR) is 73.5 cm³/mol. The molecule has 0 fully saturated rings. The minimum Gasteiger partial charge on any atom is -0.490 e. The Labute approximate surface area is 109 Å². The van der Waals surface area contributed by atoms with Gasteiger partial charge in [0.25, 0.3) is 0 Å². The van der Waals surface area contributed by atoms with Gasteiger partial charge in [0.15, 0.2) is 11.5 Å². The van der Waals surface area contributed by atoms with Gasteiger partial charge in [0.05, 0.1) is 19.4 Å². The molecule has 1 aromatic heterocycles. The van der Waals surface area contributed by atoms with Gasteiger partial charge in [-0.05, 0) is 31.4 Å². The Morgan fingerprint density at radius 2 is 1.83 bits per heavy atom. The van der Waals surface area contributed by atoms with Crippen LogP contribution in [0.5, 0.6) is 11.5 Å². The van der Waals surface area contributed by atoms with Gasteiger partial charge in [0.2, 0.25) is 0 Å².